The number of nitrogens with zero attached hydrogens (tertiary/aromatic N) is 1. The van der Waals surface area contributed by atoms with Gasteiger partial charge in [-0.1, -0.05) is 36.7 Å². The first-order chi connectivity index (χ1) is 7.91. The first-order valence-electron chi connectivity index (χ1n) is 5.70. The van der Waals surface area contributed by atoms with Gasteiger partial charge in [-0.25, -0.2) is 4.98 Å². The van der Waals surface area contributed by atoms with Crippen LogP contribution in [-0.2, 0) is 5.41 Å². The van der Waals surface area contributed by atoms with Gasteiger partial charge in [0.05, 0.1) is 5.52 Å². The molecule has 2 aromatic rings. The number of fused-ring (bicyclic) bond motifs is 1. The van der Waals surface area contributed by atoms with Crippen molar-refractivity contribution in [2.45, 2.75) is 26.2 Å². The first-order valence-corrected chi connectivity index (χ1v) is 6.49. The van der Waals surface area contributed by atoms with E-state index in [9.17, 15) is 0 Å². The highest BCUT2D eigenvalue weighted by atomic mass is 79.9. The minimum atomic E-state index is 0.0852. The van der Waals surface area contributed by atoms with Crippen molar-refractivity contribution in [3.63, 3.8) is 0 Å². The van der Waals surface area contributed by atoms with E-state index >= 15 is 0 Å². The van der Waals surface area contributed by atoms with Gasteiger partial charge >= 0.3 is 0 Å². The molecule has 0 aliphatic carbocycles. The van der Waals surface area contributed by atoms with Crippen LogP contribution < -0.4 is 5.32 Å². The quantitative estimate of drug-likeness (QED) is 0.846. The summed E-state index contributed by atoms with van der Waals surface area (Å²) in [7, 11) is 1.92. The van der Waals surface area contributed by atoms with Crippen LogP contribution in [0.25, 0.3) is 10.9 Å². The van der Waals surface area contributed by atoms with Crippen LogP contribution in [0.4, 0.5) is 5.82 Å². The minimum Gasteiger partial charge on any atom is -0.373 e. The fourth-order valence-corrected chi connectivity index (χ4v) is 2.29. The van der Waals surface area contributed by atoms with Gasteiger partial charge in [0.2, 0.25) is 0 Å². The van der Waals surface area contributed by atoms with E-state index in [1.54, 1.807) is 0 Å². The van der Waals surface area contributed by atoms with Gasteiger partial charge in [-0.05, 0) is 29.7 Å². The maximum Gasteiger partial charge on any atom is 0.130 e. The highest BCUT2D eigenvalue weighted by Crippen LogP contribution is 2.31. The Bertz CT molecular complexity index is 556. The molecule has 17 heavy (non-hydrogen) atoms. The summed E-state index contributed by atoms with van der Waals surface area (Å²) in [4.78, 5) is 4.67. The third-order valence-corrected chi connectivity index (χ3v) is 3.31. The van der Waals surface area contributed by atoms with Crippen LogP contribution in [-0.4, -0.2) is 12.0 Å². The average molecular weight is 293 g/mol. The van der Waals surface area contributed by atoms with Crippen LogP contribution in [0.5, 0.6) is 0 Å². The number of halogens is 1. The van der Waals surface area contributed by atoms with Gasteiger partial charge in [0.15, 0.2) is 0 Å². The smallest absolute Gasteiger partial charge is 0.130 e. The topological polar surface area (TPSA) is 24.9 Å². The Hall–Kier alpha value is -1.09. The largest absolute Gasteiger partial charge is 0.373 e. The zero-order valence-corrected chi connectivity index (χ0v) is 12.2. The normalized spacial score (nSPS) is 11.8. The summed E-state index contributed by atoms with van der Waals surface area (Å²) in [5, 5.41) is 4.36. The van der Waals surface area contributed by atoms with Crippen molar-refractivity contribution >= 4 is 32.7 Å². The molecule has 0 aliphatic rings. The van der Waals surface area contributed by atoms with Gasteiger partial charge in [0, 0.05) is 22.5 Å². The Morgan fingerprint density at radius 2 is 1.88 bits per heavy atom. The van der Waals surface area contributed by atoms with E-state index in [1.165, 1.54) is 10.9 Å². The van der Waals surface area contributed by atoms with E-state index in [0.717, 1.165) is 15.8 Å². The van der Waals surface area contributed by atoms with Gasteiger partial charge in [0.25, 0.3) is 0 Å². The molecular weight excluding hydrogens is 276 g/mol. The summed E-state index contributed by atoms with van der Waals surface area (Å²) in [6.07, 6.45) is 0. The van der Waals surface area contributed by atoms with Crippen molar-refractivity contribution in [3.05, 3.63) is 34.3 Å². The monoisotopic (exact) mass is 292 g/mol. The Labute approximate surface area is 111 Å². The van der Waals surface area contributed by atoms with Crippen LogP contribution in [0.2, 0.25) is 0 Å². The lowest BCUT2D eigenvalue weighted by Crippen LogP contribution is -2.15. The second-order valence-electron chi connectivity index (χ2n) is 5.22. The Morgan fingerprint density at radius 3 is 2.47 bits per heavy atom. The van der Waals surface area contributed by atoms with Crippen LogP contribution in [0, 0.1) is 0 Å². The van der Waals surface area contributed by atoms with Crippen molar-refractivity contribution in [1.29, 1.82) is 0 Å². The summed E-state index contributed by atoms with van der Waals surface area (Å²) in [6, 6.07) is 8.38. The van der Waals surface area contributed by atoms with E-state index in [0.29, 0.717) is 0 Å². The molecule has 0 bridgehead atoms. The summed E-state index contributed by atoms with van der Waals surface area (Å²) in [6.45, 7) is 6.61. The zero-order valence-electron chi connectivity index (χ0n) is 10.6. The highest BCUT2D eigenvalue weighted by molar-refractivity contribution is 9.10. The predicted molar refractivity (Wildman–Crippen MR) is 77.7 cm³/mol. The third-order valence-electron chi connectivity index (χ3n) is 2.82. The highest BCUT2D eigenvalue weighted by Gasteiger charge is 2.19. The van der Waals surface area contributed by atoms with Gasteiger partial charge in [0.1, 0.15) is 5.82 Å². The standard InChI is InChI=1S/C14H17BrN2/c1-14(2,3)11-8-9-7-10(15)5-6-12(9)17-13(11)16-4/h5-8H,1-4H3,(H,16,17). The number of hydrogen-bond donors (Lipinski definition) is 1. The lowest BCUT2D eigenvalue weighted by Gasteiger charge is -2.22. The number of aromatic nitrogens is 1. The van der Waals surface area contributed by atoms with E-state index in [4.69, 9.17) is 0 Å². The number of rotatable bonds is 1. The third kappa shape index (κ3) is 2.44. The molecule has 0 unspecified atom stereocenters. The number of anilines is 1. The number of nitrogens with one attached hydrogen (secondary N) is 1. The molecule has 1 heterocycles. The second kappa shape index (κ2) is 4.30. The van der Waals surface area contributed by atoms with E-state index in [-0.39, 0.29) is 5.41 Å². The first kappa shape index (κ1) is 12.4. The van der Waals surface area contributed by atoms with E-state index in [1.807, 2.05) is 19.2 Å². The number of benzene rings is 1. The van der Waals surface area contributed by atoms with Gasteiger partial charge in [-0.3, -0.25) is 0 Å². The molecule has 0 saturated carbocycles. The van der Waals surface area contributed by atoms with Gasteiger partial charge in [-0.2, -0.15) is 0 Å². The van der Waals surface area contributed by atoms with Crippen LogP contribution in [0.15, 0.2) is 28.7 Å². The summed E-state index contributed by atoms with van der Waals surface area (Å²) in [5.74, 6) is 0.965. The predicted octanol–water partition coefficient (Wildman–Crippen LogP) is 4.34. The summed E-state index contributed by atoms with van der Waals surface area (Å²) < 4.78 is 1.09. The molecule has 1 aromatic carbocycles. The van der Waals surface area contributed by atoms with E-state index in [2.05, 4.69) is 59.1 Å². The molecule has 1 N–H and O–H groups in total. The maximum absolute atomic E-state index is 4.67. The van der Waals surface area contributed by atoms with Crippen LogP contribution in [0.1, 0.15) is 26.3 Å². The van der Waals surface area contributed by atoms with Crippen molar-refractivity contribution in [2.75, 3.05) is 12.4 Å². The fraction of sp³-hybridized carbons (Fsp3) is 0.357. The molecule has 3 heteroatoms. The fourth-order valence-electron chi connectivity index (χ4n) is 1.91. The molecule has 2 rings (SSSR count). The molecule has 0 aliphatic heterocycles. The van der Waals surface area contributed by atoms with Crippen LogP contribution >= 0.6 is 15.9 Å². The maximum atomic E-state index is 4.67. The number of pyridine rings is 1. The molecule has 90 valence electrons. The van der Waals surface area contributed by atoms with Crippen molar-refractivity contribution < 1.29 is 0 Å². The lowest BCUT2D eigenvalue weighted by atomic mass is 9.86. The molecule has 0 amide bonds. The van der Waals surface area contributed by atoms with Crippen molar-refractivity contribution in [1.82, 2.24) is 4.98 Å². The molecule has 0 saturated heterocycles. The Balaban J connectivity index is 2.74. The summed E-state index contributed by atoms with van der Waals surface area (Å²) >= 11 is 3.50. The average Bonchev–Trinajstić information content (AvgIpc) is 2.26. The van der Waals surface area contributed by atoms with E-state index < -0.39 is 0 Å². The Morgan fingerprint density at radius 1 is 1.18 bits per heavy atom. The van der Waals surface area contributed by atoms with Crippen molar-refractivity contribution in [2.24, 2.45) is 0 Å². The molecule has 0 radical (unpaired) electrons. The van der Waals surface area contributed by atoms with Gasteiger partial charge in [-0.15, -0.1) is 0 Å². The molecule has 0 spiro atoms. The zero-order chi connectivity index (χ0) is 12.6. The minimum absolute atomic E-state index is 0.0852. The Kier molecular flexibility index (Phi) is 3.13. The van der Waals surface area contributed by atoms with Crippen molar-refractivity contribution in [3.8, 4) is 0 Å². The lowest BCUT2D eigenvalue weighted by molar-refractivity contribution is 0.591. The molecular formula is C14H17BrN2. The van der Waals surface area contributed by atoms with Gasteiger partial charge < -0.3 is 5.32 Å². The number of hydrogen-bond acceptors (Lipinski definition) is 2. The molecule has 1 aromatic heterocycles. The molecule has 0 atom stereocenters. The second-order valence-corrected chi connectivity index (χ2v) is 6.14. The summed E-state index contributed by atoms with van der Waals surface area (Å²) in [5.41, 5.74) is 2.35. The van der Waals surface area contributed by atoms with Crippen LogP contribution in [0.3, 0.4) is 0 Å². The molecule has 0 fully saturated rings. The SMILES string of the molecule is CNc1nc2ccc(Br)cc2cc1C(C)(C)C. The molecule has 2 nitrogen and oxygen atoms in total.